The van der Waals surface area contributed by atoms with Gasteiger partial charge in [-0.25, -0.2) is 0 Å². The van der Waals surface area contributed by atoms with Gasteiger partial charge in [0, 0.05) is 27.7 Å². The molecule has 0 N–H and O–H groups in total. The predicted octanol–water partition coefficient (Wildman–Crippen LogP) is 16.7. The van der Waals surface area contributed by atoms with Crippen LogP contribution in [0.3, 0.4) is 0 Å². The molecule has 0 saturated heterocycles. The molecule has 1 aromatic heterocycles. The average Bonchev–Trinajstić information content (AvgIpc) is 3.69. The minimum Gasteiger partial charge on any atom is -0.309 e. The molecule has 1 heterocycles. The van der Waals surface area contributed by atoms with Crippen molar-refractivity contribution in [3.63, 3.8) is 0 Å². The summed E-state index contributed by atoms with van der Waals surface area (Å²) in [5.74, 6) is 0. The highest BCUT2D eigenvalue weighted by molar-refractivity contribution is 6.23. The van der Waals surface area contributed by atoms with Gasteiger partial charge in [0.25, 0.3) is 0 Å². The van der Waals surface area contributed by atoms with Gasteiger partial charge >= 0.3 is 0 Å². The molecule has 12 rings (SSSR count). The summed E-state index contributed by atoms with van der Waals surface area (Å²) in [4.78, 5) is 2.51. The summed E-state index contributed by atoms with van der Waals surface area (Å²) < 4.78 is 2.44. The van der Waals surface area contributed by atoms with Crippen molar-refractivity contribution in [3.05, 3.63) is 243 Å². The molecule has 0 atom stereocenters. The van der Waals surface area contributed by atoms with Crippen LogP contribution in [-0.4, -0.2) is 4.57 Å². The lowest BCUT2D eigenvalue weighted by Gasteiger charge is -2.29. The molecule has 12 aromatic rings. The third-order valence-corrected chi connectivity index (χ3v) is 12.5. The van der Waals surface area contributed by atoms with Crippen LogP contribution in [0.4, 0.5) is 17.1 Å². The summed E-state index contributed by atoms with van der Waals surface area (Å²) in [5, 5.41) is 9.78. The van der Waals surface area contributed by atoms with Crippen molar-refractivity contribution < 1.29 is 0 Å². The molecule has 0 spiro atoms. The fourth-order valence-corrected chi connectivity index (χ4v) is 9.85. The van der Waals surface area contributed by atoms with Crippen LogP contribution in [0.5, 0.6) is 0 Å². The largest absolute Gasteiger partial charge is 0.309 e. The molecule has 0 aliphatic carbocycles. The Labute approximate surface area is 360 Å². The SMILES string of the molecule is c1ccc(-c2ccccc2N(c2ccc3c(c2)c(-c2ccccc2)c(-c2ccccc2)c2ccccc23)c2cccc3c2c2ccccc2n3-c2ccc3ccccc3c2)cc1. The van der Waals surface area contributed by atoms with Gasteiger partial charge in [-0.3, -0.25) is 0 Å². The molecule has 0 unspecified atom stereocenters. The Morgan fingerprint density at radius 1 is 0.306 bits per heavy atom. The van der Waals surface area contributed by atoms with E-state index in [9.17, 15) is 0 Å². The second kappa shape index (κ2) is 14.8. The predicted molar refractivity (Wildman–Crippen MR) is 264 cm³/mol. The fraction of sp³-hybridized carbons (Fsp3) is 0. The van der Waals surface area contributed by atoms with Crippen LogP contribution in [0.15, 0.2) is 243 Å². The molecule has 0 amide bonds. The van der Waals surface area contributed by atoms with E-state index in [2.05, 4.69) is 252 Å². The maximum atomic E-state index is 2.51. The second-order valence-corrected chi connectivity index (χ2v) is 16.0. The van der Waals surface area contributed by atoms with Gasteiger partial charge in [-0.1, -0.05) is 194 Å². The van der Waals surface area contributed by atoms with Gasteiger partial charge in [0.05, 0.1) is 22.4 Å². The van der Waals surface area contributed by atoms with Crippen molar-refractivity contribution in [2.75, 3.05) is 4.90 Å². The lowest BCUT2D eigenvalue weighted by molar-refractivity contribution is 1.18. The zero-order valence-corrected chi connectivity index (χ0v) is 34.0. The number of para-hydroxylation sites is 2. The molecule has 0 aliphatic heterocycles. The first-order valence-electron chi connectivity index (χ1n) is 21.4. The molecular formula is C60H40N2. The first kappa shape index (κ1) is 35.7. The van der Waals surface area contributed by atoms with Gasteiger partial charge in [0.1, 0.15) is 0 Å². The normalized spacial score (nSPS) is 11.5. The Morgan fingerprint density at radius 2 is 0.855 bits per heavy atom. The molecule has 0 fully saturated rings. The molecule has 62 heavy (non-hydrogen) atoms. The first-order valence-corrected chi connectivity index (χ1v) is 21.4. The topological polar surface area (TPSA) is 8.17 Å². The summed E-state index contributed by atoms with van der Waals surface area (Å²) >= 11 is 0. The molecule has 11 aromatic carbocycles. The summed E-state index contributed by atoms with van der Waals surface area (Å²) in [5.41, 5.74) is 14.0. The number of rotatable bonds is 7. The van der Waals surface area contributed by atoms with E-state index in [1.165, 1.54) is 76.4 Å². The molecule has 0 bridgehead atoms. The van der Waals surface area contributed by atoms with Gasteiger partial charge in [-0.2, -0.15) is 0 Å². The maximum Gasteiger partial charge on any atom is 0.0562 e. The number of fused-ring (bicyclic) bond motifs is 7. The molecule has 0 saturated carbocycles. The molecule has 0 radical (unpaired) electrons. The van der Waals surface area contributed by atoms with E-state index in [4.69, 9.17) is 0 Å². The highest BCUT2D eigenvalue weighted by Crippen LogP contribution is 2.50. The zero-order valence-electron chi connectivity index (χ0n) is 34.0. The van der Waals surface area contributed by atoms with Crippen molar-refractivity contribution in [1.82, 2.24) is 4.57 Å². The standard InChI is InChI=1S/C60H40N2/c1-4-20-42(21-5-1)48-27-14-16-31-54(48)62(57-34-18-33-56-60(57)52-30-15-17-32-55(52)61(56)46-36-35-41-19-10-11-26-45(41)39-46)47-37-38-50-49-28-12-13-29-51(49)58(43-22-6-2-7-23-43)59(53(50)40-47)44-24-8-3-9-25-44/h1-40H. The highest BCUT2D eigenvalue weighted by Gasteiger charge is 2.25. The van der Waals surface area contributed by atoms with Crippen molar-refractivity contribution in [1.29, 1.82) is 0 Å². The third-order valence-electron chi connectivity index (χ3n) is 12.5. The number of nitrogens with zero attached hydrogens (tertiary/aromatic N) is 2. The van der Waals surface area contributed by atoms with E-state index in [0.717, 1.165) is 33.8 Å². The summed E-state index contributed by atoms with van der Waals surface area (Å²) in [6.45, 7) is 0. The van der Waals surface area contributed by atoms with E-state index in [-0.39, 0.29) is 0 Å². The van der Waals surface area contributed by atoms with Crippen LogP contribution < -0.4 is 4.90 Å². The summed E-state index contributed by atoms with van der Waals surface area (Å²) in [6.07, 6.45) is 0. The van der Waals surface area contributed by atoms with E-state index in [0.29, 0.717) is 0 Å². The quantitative estimate of drug-likeness (QED) is 0.146. The molecule has 290 valence electrons. The number of aromatic nitrogens is 1. The number of benzene rings is 11. The smallest absolute Gasteiger partial charge is 0.0562 e. The Morgan fingerprint density at radius 3 is 1.61 bits per heavy atom. The number of hydrogen-bond acceptors (Lipinski definition) is 1. The Hall–Kier alpha value is -8.20. The number of hydrogen-bond donors (Lipinski definition) is 0. The zero-order chi connectivity index (χ0) is 41.0. The maximum absolute atomic E-state index is 2.51. The van der Waals surface area contributed by atoms with Gasteiger partial charge in [-0.05, 0) is 109 Å². The van der Waals surface area contributed by atoms with Gasteiger partial charge in [0.2, 0.25) is 0 Å². The van der Waals surface area contributed by atoms with Crippen LogP contribution in [0.1, 0.15) is 0 Å². The van der Waals surface area contributed by atoms with Crippen LogP contribution in [0.25, 0.3) is 93.2 Å². The lowest BCUT2D eigenvalue weighted by Crippen LogP contribution is -2.12. The fourth-order valence-electron chi connectivity index (χ4n) is 9.85. The van der Waals surface area contributed by atoms with Crippen LogP contribution in [0.2, 0.25) is 0 Å². The van der Waals surface area contributed by atoms with Gasteiger partial charge in [-0.15, -0.1) is 0 Å². The van der Waals surface area contributed by atoms with E-state index < -0.39 is 0 Å². The minimum atomic E-state index is 1.09. The Balaban J connectivity index is 1.20. The van der Waals surface area contributed by atoms with Crippen LogP contribution in [0, 0.1) is 0 Å². The van der Waals surface area contributed by atoms with Crippen molar-refractivity contribution >= 4 is 71.2 Å². The number of anilines is 3. The second-order valence-electron chi connectivity index (χ2n) is 16.0. The van der Waals surface area contributed by atoms with Crippen molar-refractivity contribution in [2.45, 2.75) is 0 Å². The summed E-state index contributed by atoms with van der Waals surface area (Å²) in [6, 6.07) is 88.6. The average molecular weight is 789 g/mol. The van der Waals surface area contributed by atoms with E-state index >= 15 is 0 Å². The lowest BCUT2D eigenvalue weighted by atomic mass is 9.85. The van der Waals surface area contributed by atoms with Crippen LogP contribution >= 0.6 is 0 Å². The Bertz CT molecular complexity index is 3620. The van der Waals surface area contributed by atoms with E-state index in [1.54, 1.807) is 0 Å². The van der Waals surface area contributed by atoms with Crippen molar-refractivity contribution in [2.24, 2.45) is 0 Å². The highest BCUT2D eigenvalue weighted by atomic mass is 15.2. The van der Waals surface area contributed by atoms with Gasteiger partial charge in [0.15, 0.2) is 0 Å². The monoisotopic (exact) mass is 788 g/mol. The molecule has 0 aliphatic rings. The first-order chi connectivity index (χ1) is 30.8. The van der Waals surface area contributed by atoms with Gasteiger partial charge < -0.3 is 9.47 Å². The summed E-state index contributed by atoms with van der Waals surface area (Å²) in [7, 11) is 0. The molecule has 2 heteroatoms. The van der Waals surface area contributed by atoms with E-state index in [1.807, 2.05) is 0 Å². The van der Waals surface area contributed by atoms with Crippen LogP contribution in [-0.2, 0) is 0 Å². The Kier molecular flexibility index (Phi) is 8.53. The van der Waals surface area contributed by atoms with Crippen molar-refractivity contribution in [3.8, 4) is 39.1 Å². The molecule has 2 nitrogen and oxygen atoms in total. The third kappa shape index (κ3) is 5.80. The molecular weight excluding hydrogens is 749 g/mol. The minimum absolute atomic E-state index is 1.09.